The second kappa shape index (κ2) is 4.92. The van der Waals surface area contributed by atoms with Crippen LogP contribution >= 0.6 is 0 Å². The van der Waals surface area contributed by atoms with Gasteiger partial charge in [0.15, 0.2) is 5.65 Å². The summed E-state index contributed by atoms with van der Waals surface area (Å²) in [7, 11) is 1.88. The first-order valence-electron chi connectivity index (χ1n) is 6.61. The molecule has 0 radical (unpaired) electrons. The maximum atomic E-state index is 4.34. The molecule has 2 heterocycles. The quantitative estimate of drug-likeness (QED) is 0.792. The fraction of sp³-hybridized carbons (Fsp3) is 0.267. The van der Waals surface area contributed by atoms with Gasteiger partial charge in [0, 0.05) is 7.05 Å². The molecule has 5 nitrogen and oxygen atoms in total. The van der Waals surface area contributed by atoms with E-state index in [4.69, 9.17) is 0 Å². The van der Waals surface area contributed by atoms with Gasteiger partial charge in [-0.05, 0) is 25.0 Å². The predicted molar refractivity (Wildman–Crippen MR) is 79.5 cm³/mol. The van der Waals surface area contributed by atoms with Crippen LogP contribution in [0.25, 0.3) is 11.0 Å². The van der Waals surface area contributed by atoms with Gasteiger partial charge < -0.3 is 5.32 Å². The van der Waals surface area contributed by atoms with Gasteiger partial charge in [0.2, 0.25) is 0 Å². The van der Waals surface area contributed by atoms with Gasteiger partial charge in [0.25, 0.3) is 0 Å². The molecule has 2 aromatic heterocycles. The minimum Gasteiger partial charge on any atom is -0.363 e. The Kier molecular flexibility index (Phi) is 3.10. The van der Waals surface area contributed by atoms with E-state index >= 15 is 0 Å². The molecule has 1 aromatic carbocycles. The SMILES string of the molecule is Cc1ccccc1[C@@H](C)Nc1ncnc2c1cnn2C. The summed E-state index contributed by atoms with van der Waals surface area (Å²) in [6.45, 7) is 4.25. The van der Waals surface area contributed by atoms with Crippen molar-refractivity contribution in [2.75, 3.05) is 5.32 Å². The molecule has 0 amide bonds. The molecule has 0 fully saturated rings. The molecule has 0 saturated carbocycles. The zero-order valence-electron chi connectivity index (χ0n) is 11.8. The maximum Gasteiger partial charge on any atom is 0.163 e. The fourth-order valence-electron chi connectivity index (χ4n) is 2.43. The molecule has 0 aliphatic heterocycles. The monoisotopic (exact) mass is 267 g/mol. The van der Waals surface area contributed by atoms with Crippen LogP contribution < -0.4 is 5.32 Å². The Morgan fingerprint density at radius 3 is 2.80 bits per heavy atom. The number of aryl methyl sites for hydroxylation is 2. The Hall–Kier alpha value is -2.43. The smallest absolute Gasteiger partial charge is 0.163 e. The molecule has 0 spiro atoms. The Balaban J connectivity index is 1.95. The molecule has 0 aliphatic rings. The average Bonchev–Trinajstić information content (AvgIpc) is 2.82. The van der Waals surface area contributed by atoms with Crippen molar-refractivity contribution in [3.05, 3.63) is 47.9 Å². The van der Waals surface area contributed by atoms with Gasteiger partial charge in [-0.3, -0.25) is 4.68 Å². The Bertz CT molecular complexity index is 747. The van der Waals surface area contributed by atoms with E-state index in [1.54, 1.807) is 17.2 Å². The van der Waals surface area contributed by atoms with E-state index in [-0.39, 0.29) is 6.04 Å². The van der Waals surface area contributed by atoms with Gasteiger partial charge in [-0.2, -0.15) is 5.10 Å². The number of nitrogens with one attached hydrogen (secondary N) is 1. The van der Waals surface area contributed by atoms with Crippen molar-refractivity contribution in [2.24, 2.45) is 7.05 Å². The molecular weight excluding hydrogens is 250 g/mol. The van der Waals surface area contributed by atoms with Gasteiger partial charge in [-0.15, -0.1) is 0 Å². The van der Waals surface area contributed by atoms with Crippen molar-refractivity contribution >= 4 is 16.9 Å². The molecule has 102 valence electrons. The highest BCUT2D eigenvalue weighted by Gasteiger charge is 2.12. The third-order valence-corrected chi connectivity index (χ3v) is 3.54. The van der Waals surface area contributed by atoms with Crippen molar-refractivity contribution in [2.45, 2.75) is 19.9 Å². The molecule has 5 heteroatoms. The summed E-state index contributed by atoms with van der Waals surface area (Å²) in [5, 5.41) is 8.62. The minimum absolute atomic E-state index is 0.175. The van der Waals surface area contributed by atoms with Crippen LogP contribution in [-0.2, 0) is 7.05 Å². The summed E-state index contributed by atoms with van der Waals surface area (Å²) < 4.78 is 1.75. The van der Waals surface area contributed by atoms with Crippen molar-refractivity contribution in [3.8, 4) is 0 Å². The number of aromatic nitrogens is 4. The molecule has 1 N–H and O–H groups in total. The highest BCUT2D eigenvalue weighted by molar-refractivity contribution is 5.86. The largest absolute Gasteiger partial charge is 0.363 e. The highest BCUT2D eigenvalue weighted by Crippen LogP contribution is 2.24. The highest BCUT2D eigenvalue weighted by atomic mass is 15.3. The fourth-order valence-corrected chi connectivity index (χ4v) is 2.43. The van der Waals surface area contributed by atoms with Crippen LogP contribution in [0.4, 0.5) is 5.82 Å². The summed E-state index contributed by atoms with van der Waals surface area (Å²) in [6, 6.07) is 8.53. The number of hydrogen-bond donors (Lipinski definition) is 1. The number of anilines is 1. The summed E-state index contributed by atoms with van der Waals surface area (Å²) in [5.74, 6) is 0.818. The number of hydrogen-bond acceptors (Lipinski definition) is 4. The van der Waals surface area contributed by atoms with E-state index in [0.717, 1.165) is 16.9 Å². The van der Waals surface area contributed by atoms with Crippen LogP contribution in [0.15, 0.2) is 36.8 Å². The molecule has 20 heavy (non-hydrogen) atoms. The first-order chi connectivity index (χ1) is 9.66. The van der Waals surface area contributed by atoms with Crippen molar-refractivity contribution < 1.29 is 0 Å². The second-order valence-corrected chi connectivity index (χ2v) is 4.95. The van der Waals surface area contributed by atoms with Crippen LogP contribution in [0.1, 0.15) is 24.1 Å². The molecule has 1 atom stereocenters. The lowest BCUT2D eigenvalue weighted by Gasteiger charge is -2.17. The third-order valence-electron chi connectivity index (χ3n) is 3.54. The number of benzene rings is 1. The van der Waals surface area contributed by atoms with Gasteiger partial charge in [-0.25, -0.2) is 9.97 Å². The van der Waals surface area contributed by atoms with Gasteiger partial charge in [0.1, 0.15) is 12.1 Å². The molecular formula is C15H17N5. The lowest BCUT2D eigenvalue weighted by Crippen LogP contribution is -2.09. The van der Waals surface area contributed by atoms with Gasteiger partial charge in [-0.1, -0.05) is 24.3 Å². The van der Waals surface area contributed by atoms with E-state index in [1.165, 1.54) is 11.1 Å². The molecule has 3 rings (SSSR count). The van der Waals surface area contributed by atoms with Crippen molar-refractivity contribution in [3.63, 3.8) is 0 Å². The van der Waals surface area contributed by atoms with E-state index in [0.29, 0.717) is 0 Å². The first kappa shape index (κ1) is 12.6. The number of nitrogens with zero attached hydrogens (tertiary/aromatic N) is 4. The van der Waals surface area contributed by atoms with E-state index in [9.17, 15) is 0 Å². The zero-order valence-corrected chi connectivity index (χ0v) is 11.8. The summed E-state index contributed by atoms with van der Waals surface area (Å²) in [5.41, 5.74) is 3.37. The summed E-state index contributed by atoms with van der Waals surface area (Å²) >= 11 is 0. The van der Waals surface area contributed by atoms with Crippen molar-refractivity contribution in [1.82, 2.24) is 19.7 Å². The Morgan fingerprint density at radius 2 is 2.00 bits per heavy atom. The summed E-state index contributed by atoms with van der Waals surface area (Å²) in [6.07, 6.45) is 3.36. The van der Waals surface area contributed by atoms with Crippen LogP contribution in [-0.4, -0.2) is 19.7 Å². The third kappa shape index (κ3) is 2.11. The van der Waals surface area contributed by atoms with Gasteiger partial charge in [0.05, 0.1) is 17.6 Å². The van der Waals surface area contributed by atoms with E-state index in [1.807, 2.05) is 7.05 Å². The first-order valence-corrected chi connectivity index (χ1v) is 6.61. The molecule has 3 aromatic rings. The Labute approximate surface area is 117 Å². The second-order valence-electron chi connectivity index (χ2n) is 4.95. The standard InChI is InChI=1S/C15H17N5/c1-10-6-4-5-7-12(10)11(2)19-14-13-8-18-20(3)15(13)17-9-16-14/h4-9,11H,1-3H3,(H,16,17,19)/t11-/m1/s1. The summed E-state index contributed by atoms with van der Waals surface area (Å²) in [4.78, 5) is 8.59. The van der Waals surface area contributed by atoms with Crippen LogP contribution in [0, 0.1) is 6.92 Å². The predicted octanol–water partition coefficient (Wildman–Crippen LogP) is 2.84. The molecule has 0 bridgehead atoms. The topological polar surface area (TPSA) is 55.6 Å². The normalized spacial score (nSPS) is 12.6. The molecule has 0 aliphatic carbocycles. The van der Waals surface area contributed by atoms with Crippen LogP contribution in [0.3, 0.4) is 0 Å². The van der Waals surface area contributed by atoms with E-state index < -0.39 is 0 Å². The van der Waals surface area contributed by atoms with Crippen molar-refractivity contribution in [1.29, 1.82) is 0 Å². The number of rotatable bonds is 3. The maximum absolute atomic E-state index is 4.34. The van der Waals surface area contributed by atoms with Crippen LogP contribution in [0.2, 0.25) is 0 Å². The van der Waals surface area contributed by atoms with E-state index in [2.05, 4.69) is 58.5 Å². The van der Waals surface area contributed by atoms with Crippen LogP contribution in [0.5, 0.6) is 0 Å². The molecule has 0 saturated heterocycles. The Morgan fingerprint density at radius 1 is 1.20 bits per heavy atom. The number of fused-ring (bicyclic) bond motifs is 1. The van der Waals surface area contributed by atoms with Gasteiger partial charge >= 0.3 is 0 Å². The zero-order chi connectivity index (χ0) is 14.1. The lowest BCUT2D eigenvalue weighted by molar-refractivity contribution is 0.785. The molecule has 0 unspecified atom stereocenters. The average molecular weight is 267 g/mol. The lowest BCUT2D eigenvalue weighted by atomic mass is 10.0. The minimum atomic E-state index is 0.175.